The van der Waals surface area contributed by atoms with Crippen LogP contribution in [0.4, 0.5) is 0 Å². The second kappa shape index (κ2) is 6.70. The molecular weight excluding hydrogens is 304 g/mol. The fourth-order valence-electron chi connectivity index (χ4n) is 2.74. The summed E-state index contributed by atoms with van der Waals surface area (Å²) < 4.78 is 7.14. The van der Waals surface area contributed by atoms with Crippen LogP contribution in [0.3, 0.4) is 0 Å². The zero-order chi connectivity index (χ0) is 17.1. The van der Waals surface area contributed by atoms with Crippen LogP contribution in [0.2, 0.25) is 0 Å². The van der Waals surface area contributed by atoms with Gasteiger partial charge in [-0.3, -0.25) is 4.79 Å². The monoisotopic (exact) mass is 324 g/mol. The molecule has 6 heteroatoms. The second-order valence-corrected chi connectivity index (χ2v) is 5.70. The molecule has 1 N–H and O–H groups in total. The Morgan fingerprint density at radius 3 is 2.62 bits per heavy atom. The number of amides is 1. The van der Waals surface area contributed by atoms with Crippen molar-refractivity contribution in [1.29, 1.82) is 0 Å². The number of carbonyl (C=O) groups excluding carboxylic acids is 1. The van der Waals surface area contributed by atoms with Gasteiger partial charge in [0.25, 0.3) is 5.91 Å². The first-order valence-electron chi connectivity index (χ1n) is 7.86. The lowest BCUT2D eigenvalue weighted by Gasteiger charge is -2.11. The fourth-order valence-corrected chi connectivity index (χ4v) is 2.74. The molecule has 0 aliphatic rings. The Morgan fingerprint density at radius 1 is 1.21 bits per heavy atom. The van der Waals surface area contributed by atoms with E-state index in [1.807, 2.05) is 43.5 Å². The molecule has 1 aromatic carbocycles. The Bertz CT molecular complexity index is 830. The molecule has 0 bridgehead atoms. The molecule has 0 aliphatic heterocycles. The summed E-state index contributed by atoms with van der Waals surface area (Å²) in [4.78, 5) is 16.8. The number of benzene rings is 1. The molecule has 0 aliphatic carbocycles. The van der Waals surface area contributed by atoms with Crippen LogP contribution in [0.25, 0.3) is 11.4 Å². The number of aromatic nitrogens is 3. The number of hydrogen-bond donors (Lipinski definition) is 1. The third-order valence-electron chi connectivity index (χ3n) is 3.97. The van der Waals surface area contributed by atoms with Crippen molar-refractivity contribution < 1.29 is 9.32 Å². The van der Waals surface area contributed by atoms with E-state index in [0.29, 0.717) is 30.1 Å². The van der Waals surface area contributed by atoms with Gasteiger partial charge in [0.15, 0.2) is 0 Å². The van der Waals surface area contributed by atoms with E-state index >= 15 is 0 Å². The number of nitrogens with one attached hydrogen (secondary N) is 1. The maximum absolute atomic E-state index is 12.3. The summed E-state index contributed by atoms with van der Waals surface area (Å²) >= 11 is 0. The molecule has 3 rings (SSSR count). The van der Waals surface area contributed by atoms with Crippen LogP contribution in [-0.4, -0.2) is 27.2 Å². The molecule has 0 radical (unpaired) electrons. The maximum Gasteiger partial charge on any atom is 0.256 e. The molecule has 2 aromatic heterocycles. The summed E-state index contributed by atoms with van der Waals surface area (Å²) in [7, 11) is 0. The number of nitrogens with zero attached hydrogens (tertiary/aromatic N) is 3. The van der Waals surface area contributed by atoms with E-state index in [1.165, 1.54) is 0 Å². The zero-order valence-corrected chi connectivity index (χ0v) is 14.0. The first-order chi connectivity index (χ1) is 11.6. The Balaban J connectivity index is 1.70. The first kappa shape index (κ1) is 16.0. The summed E-state index contributed by atoms with van der Waals surface area (Å²) in [6.45, 7) is 6.65. The van der Waals surface area contributed by atoms with Gasteiger partial charge >= 0.3 is 0 Å². The molecule has 0 saturated carbocycles. The van der Waals surface area contributed by atoms with Crippen LogP contribution in [0, 0.1) is 20.8 Å². The van der Waals surface area contributed by atoms with Crippen LogP contribution in [0.1, 0.15) is 27.5 Å². The molecule has 0 fully saturated rings. The minimum atomic E-state index is -0.162. The number of aryl methyl sites for hydroxylation is 3. The summed E-state index contributed by atoms with van der Waals surface area (Å²) in [5.74, 6) is 1.28. The largest absolute Gasteiger partial charge is 0.361 e. The summed E-state index contributed by atoms with van der Waals surface area (Å²) in [6.07, 6.45) is 1.85. The molecule has 0 spiro atoms. The Morgan fingerprint density at radius 2 is 1.96 bits per heavy atom. The van der Waals surface area contributed by atoms with Crippen LogP contribution in [0.15, 0.2) is 41.1 Å². The Labute approximate surface area is 140 Å². The van der Waals surface area contributed by atoms with Gasteiger partial charge < -0.3 is 14.4 Å². The van der Waals surface area contributed by atoms with Crippen molar-refractivity contribution >= 4 is 5.91 Å². The summed E-state index contributed by atoms with van der Waals surface area (Å²) in [5, 5.41) is 6.74. The normalized spacial score (nSPS) is 10.8. The molecule has 3 aromatic rings. The van der Waals surface area contributed by atoms with Crippen LogP contribution >= 0.6 is 0 Å². The topological polar surface area (TPSA) is 73.0 Å². The van der Waals surface area contributed by atoms with Crippen LogP contribution in [-0.2, 0) is 6.54 Å². The highest BCUT2D eigenvalue weighted by atomic mass is 16.5. The van der Waals surface area contributed by atoms with Gasteiger partial charge in [0.05, 0.1) is 5.69 Å². The summed E-state index contributed by atoms with van der Waals surface area (Å²) in [6, 6.07) is 10.0. The van der Waals surface area contributed by atoms with Gasteiger partial charge in [0.1, 0.15) is 17.1 Å². The van der Waals surface area contributed by atoms with Crippen molar-refractivity contribution in [2.75, 3.05) is 6.54 Å². The molecule has 2 heterocycles. The lowest BCUT2D eigenvalue weighted by atomic mass is 10.2. The molecular formula is C18H20N4O2. The van der Waals surface area contributed by atoms with Gasteiger partial charge in [-0.1, -0.05) is 35.5 Å². The van der Waals surface area contributed by atoms with Gasteiger partial charge in [-0.05, 0) is 20.8 Å². The van der Waals surface area contributed by atoms with Crippen molar-refractivity contribution in [1.82, 2.24) is 20.0 Å². The van der Waals surface area contributed by atoms with Crippen molar-refractivity contribution in [3.05, 3.63) is 59.2 Å². The fraction of sp³-hybridized carbons (Fsp3) is 0.278. The van der Waals surface area contributed by atoms with Gasteiger partial charge in [0.2, 0.25) is 0 Å². The van der Waals surface area contributed by atoms with E-state index in [9.17, 15) is 4.79 Å². The van der Waals surface area contributed by atoms with Gasteiger partial charge in [-0.25, -0.2) is 4.98 Å². The average Bonchev–Trinajstić information content (AvgIpc) is 3.11. The predicted molar refractivity (Wildman–Crippen MR) is 90.7 cm³/mol. The summed E-state index contributed by atoms with van der Waals surface area (Å²) in [5.41, 5.74) is 3.23. The molecule has 24 heavy (non-hydrogen) atoms. The highest BCUT2D eigenvalue weighted by Gasteiger charge is 2.17. The van der Waals surface area contributed by atoms with E-state index < -0.39 is 0 Å². The first-order valence-corrected chi connectivity index (χ1v) is 7.86. The van der Waals surface area contributed by atoms with E-state index in [1.54, 1.807) is 13.8 Å². The zero-order valence-electron chi connectivity index (χ0n) is 14.0. The van der Waals surface area contributed by atoms with Crippen LogP contribution < -0.4 is 5.32 Å². The molecule has 6 nitrogen and oxygen atoms in total. The molecule has 0 saturated heterocycles. The van der Waals surface area contributed by atoms with Crippen molar-refractivity contribution in [2.24, 2.45) is 0 Å². The van der Waals surface area contributed by atoms with E-state index in [2.05, 4.69) is 20.0 Å². The SMILES string of the molecule is Cc1noc(C)c1C(=O)NCCn1c(C)cnc1-c1ccccc1. The third-order valence-corrected chi connectivity index (χ3v) is 3.97. The Kier molecular flexibility index (Phi) is 4.46. The van der Waals surface area contributed by atoms with E-state index in [0.717, 1.165) is 17.1 Å². The number of rotatable bonds is 5. The standard InChI is InChI=1S/C18H20N4O2/c1-12-11-20-17(15-7-5-4-6-8-15)22(12)10-9-19-18(23)16-13(2)21-24-14(16)3/h4-8,11H,9-10H2,1-3H3,(H,19,23). The second-order valence-electron chi connectivity index (χ2n) is 5.70. The smallest absolute Gasteiger partial charge is 0.256 e. The molecule has 0 unspecified atom stereocenters. The van der Waals surface area contributed by atoms with Gasteiger partial charge in [-0.2, -0.15) is 0 Å². The predicted octanol–water partition coefficient (Wildman–Crippen LogP) is 2.89. The highest BCUT2D eigenvalue weighted by molar-refractivity contribution is 5.96. The van der Waals surface area contributed by atoms with Gasteiger partial charge in [0, 0.05) is 30.5 Å². The van der Waals surface area contributed by atoms with E-state index in [-0.39, 0.29) is 5.91 Å². The molecule has 124 valence electrons. The maximum atomic E-state index is 12.3. The number of hydrogen-bond acceptors (Lipinski definition) is 4. The quantitative estimate of drug-likeness (QED) is 0.783. The molecule has 1 amide bonds. The van der Waals surface area contributed by atoms with Crippen molar-refractivity contribution in [2.45, 2.75) is 27.3 Å². The Hall–Kier alpha value is -2.89. The van der Waals surface area contributed by atoms with Crippen molar-refractivity contribution in [3.8, 4) is 11.4 Å². The number of imidazole rings is 1. The third kappa shape index (κ3) is 3.08. The lowest BCUT2D eigenvalue weighted by Crippen LogP contribution is -2.28. The van der Waals surface area contributed by atoms with Crippen molar-refractivity contribution in [3.63, 3.8) is 0 Å². The van der Waals surface area contributed by atoms with E-state index in [4.69, 9.17) is 4.52 Å². The number of carbonyl (C=O) groups is 1. The van der Waals surface area contributed by atoms with Gasteiger partial charge in [-0.15, -0.1) is 0 Å². The molecule has 0 atom stereocenters. The lowest BCUT2D eigenvalue weighted by molar-refractivity contribution is 0.0950. The minimum Gasteiger partial charge on any atom is -0.361 e. The minimum absolute atomic E-state index is 0.162. The average molecular weight is 324 g/mol. The highest BCUT2D eigenvalue weighted by Crippen LogP contribution is 2.19. The van der Waals surface area contributed by atoms with Crippen LogP contribution in [0.5, 0.6) is 0 Å².